The molecule has 0 radical (unpaired) electrons. The van der Waals surface area contributed by atoms with E-state index in [1.54, 1.807) is 36.4 Å². The van der Waals surface area contributed by atoms with Crippen molar-refractivity contribution in [3.8, 4) is 0 Å². The molecule has 0 fully saturated rings. The molecule has 8 aromatic rings. The van der Waals surface area contributed by atoms with Crippen LogP contribution in [0, 0.1) is 0 Å². The minimum absolute atomic E-state index is 0.118. The average molecular weight is 735 g/mol. The molecule has 0 saturated carbocycles. The van der Waals surface area contributed by atoms with Crippen molar-refractivity contribution in [3.63, 3.8) is 0 Å². The lowest BCUT2D eigenvalue weighted by Crippen LogP contribution is -2.28. The summed E-state index contributed by atoms with van der Waals surface area (Å²) >= 11 is 0. The molecule has 3 heterocycles. The smallest absolute Gasteiger partial charge is 0.270 e. The molecule has 0 atom stereocenters. The van der Waals surface area contributed by atoms with Gasteiger partial charge >= 0.3 is 0 Å². The van der Waals surface area contributed by atoms with Crippen molar-refractivity contribution >= 4 is 66.7 Å². The Kier molecular flexibility index (Phi) is 8.83. The monoisotopic (exact) mass is 734 g/mol. The first-order valence-corrected chi connectivity index (χ1v) is 18.3. The van der Waals surface area contributed by atoms with Gasteiger partial charge in [-0.3, -0.25) is 19.2 Å². The first kappa shape index (κ1) is 34.3. The highest BCUT2D eigenvalue weighted by Crippen LogP contribution is 2.35. The van der Waals surface area contributed by atoms with Gasteiger partial charge in [0.15, 0.2) is 0 Å². The lowest BCUT2D eigenvalue weighted by molar-refractivity contribution is 0.0925. The standard InChI is InChI=1S/C46H34N6O4/c53-43-39-19-9-21-41(51-39)45(55)49-25-37-31-15-5-7-17-33(31)38(34-18-8-6-16-32(34)37)26-50-46(56)42-22-10-20-40(52-42)44(54)48-24-36-28-12-2-1-11-27(28)35(23-47-43)29-13-3-4-14-30(29)36/h1-22H,23-26H2,(H,47,53)(H,48,54)(H,49,55)(H,50,56). The van der Waals surface area contributed by atoms with Gasteiger partial charge in [0, 0.05) is 26.2 Å². The van der Waals surface area contributed by atoms with E-state index >= 15 is 0 Å². The Morgan fingerprint density at radius 2 is 0.482 bits per heavy atom. The highest BCUT2D eigenvalue weighted by atomic mass is 16.2. The summed E-state index contributed by atoms with van der Waals surface area (Å²) in [6, 6.07) is 41.1. The quantitative estimate of drug-likeness (QED) is 0.122. The first-order chi connectivity index (χ1) is 27.4. The highest BCUT2D eigenvalue weighted by Gasteiger charge is 2.20. The molecule has 0 unspecified atom stereocenters. The number of carbonyl (C=O) groups excluding carboxylic acids is 4. The maximum Gasteiger partial charge on any atom is 0.270 e. The Hall–Kier alpha value is -7.46. The Balaban J connectivity index is 1.14. The third kappa shape index (κ3) is 6.22. The van der Waals surface area contributed by atoms with Gasteiger partial charge < -0.3 is 21.3 Å². The summed E-state index contributed by atoms with van der Waals surface area (Å²) in [5.41, 5.74) is 4.08. The Morgan fingerprint density at radius 3 is 0.679 bits per heavy atom. The fourth-order valence-corrected chi connectivity index (χ4v) is 7.79. The number of nitrogens with zero attached hydrogens (tertiary/aromatic N) is 2. The van der Waals surface area contributed by atoms with Crippen LogP contribution in [0.2, 0.25) is 0 Å². The molecule has 0 spiro atoms. The summed E-state index contributed by atoms with van der Waals surface area (Å²) in [4.78, 5) is 63.5. The van der Waals surface area contributed by atoms with Crippen LogP contribution in [0.25, 0.3) is 43.1 Å². The second kappa shape index (κ2) is 14.4. The third-order valence-electron chi connectivity index (χ3n) is 10.4. The second-order valence-electron chi connectivity index (χ2n) is 13.6. The van der Waals surface area contributed by atoms with Crippen molar-refractivity contribution < 1.29 is 19.2 Å². The van der Waals surface area contributed by atoms with Crippen LogP contribution in [0.4, 0.5) is 0 Å². The summed E-state index contributed by atoms with van der Waals surface area (Å²) in [7, 11) is 0. The van der Waals surface area contributed by atoms with E-state index in [0.29, 0.717) is 0 Å². The van der Waals surface area contributed by atoms with E-state index in [1.165, 1.54) is 0 Å². The Morgan fingerprint density at radius 1 is 0.286 bits per heavy atom. The van der Waals surface area contributed by atoms with Gasteiger partial charge in [-0.1, -0.05) is 109 Å². The Labute approximate surface area is 321 Å². The molecule has 8 bridgehead atoms. The summed E-state index contributed by atoms with van der Waals surface area (Å²) < 4.78 is 0. The largest absolute Gasteiger partial charge is 0.347 e. The highest BCUT2D eigenvalue weighted by molar-refractivity contribution is 6.08. The third-order valence-corrected chi connectivity index (χ3v) is 10.4. The molecule has 1 aliphatic rings. The zero-order chi connectivity index (χ0) is 38.2. The summed E-state index contributed by atoms with van der Waals surface area (Å²) in [5, 5.41) is 19.5. The Bertz CT molecular complexity index is 2420. The molecular formula is C46H34N6O4. The van der Waals surface area contributed by atoms with Crippen LogP contribution < -0.4 is 21.3 Å². The van der Waals surface area contributed by atoms with E-state index < -0.39 is 23.6 Å². The predicted octanol–water partition coefficient (Wildman–Crippen LogP) is 7.12. The van der Waals surface area contributed by atoms with Crippen molar-refractivity contribution in [1.82, 2.24) is 31.2 Å². The number of aromatic nitrogens is 2. The van der Waals surface area contributed by atoms with Gasteiger partial charge in [0.05, 0.1) is 0 Å². The second-order valence-corrected chi connectivity index (χ2v) is 13.6. The molecule has 0 aliphatic carbocycles. The van der Waals surface area contributed by atoms with Crippen molar-refractivity contribution in [2.75, 3.05) is 0 Å². The van der Waals surface area contributed by atoms with Crippen LogP contribution in [-0.4, -0.2) is 33.6 Å². The summed E-state index contributed by atoms with van der Waals surface area (Å²) in [5.74, 6) is -1.67. The number of hydrogen-bond acceptors (Lipinski definition) is 6. The van der Waals surface area contributed by atoms with Crippen LogP contribution >= 0.6 is 0 Å². The lowest BCUT2D eigenvalue weighted by Gasteiger charge is -2.18. The number of pyridine rings is 2. The van der Waals surface area contributed by atoms with E-state index in [0.717, 1.165) is 65.3 Å². The SMILES string of the molecule is O=C1NCc2c3ccccc3c(c3ccccc23)CNC(=O)c2cccc(n2)C(=O)NCc2c3ccccc3c(c3ccccc23)CNC(=O)c2cccc1n2. The fourth-order valence-electron chi connectivity index (χ4n) is 7.79. The zero-order valence-electron chi connectivity index (χ0n) is 30.1. The number of amides is 4. The van der Waals surface area contributed by atoms with E-state index in [1.807, 2.05) is 97.1 Å². The number of hydrogen-bond donors (Lipinski definition) is 4. The molecule has 4 N–H and O–H groups in total. The lowest BCUT2D eigenvalue weighted by atomic mass is 9.91. The van der Waals surface area contributed by atoms with Gasteiger partial charge in [-0.25, -0.2) is 9.97 Å². The molecule has 1 aliphatic heterocycles. The van der Waals surface area contributed by atoms with Crippen LogP contribution in [0.5, 0.6) is 0 Å². The number of benzene rings is 6. The molecular weight excluding hydrogens is 701 g/mol. The fraction of sp³-hybridized carbons (Fsp3) is 0.0870. The summed E-state index contributed by atoms with van der Waals surface area (Å²) in [6.07, 6.45) is 0. The molecule has 2 aromatic heterocycles. The molecule has 0 saturated heterocycles. The topological polar surface area (TPSA) is 142 Å². The maximum absolute atomic E-state index is 13.6. The molecule has 272 valence electrons. The van der Waals surface area contributed by atoms with E-state index in [4.69, 9.17) is 0 Å². The van der Waals surface area contributed by atoms with Crippen LogP contribution in [0.15, 0.2) is 133 Å². The zero-order valence-corrected chi connectivity index (χ0v) is 30.1. The molecule has 10 heteroatoms. The van der Waals surface area contributed by atoms with Gasteiger partial charge in [0.25, 0.3) is 23.6 Å². The minimum Gasteiger partial charge on any atom is -0.347 e. The number of carbonyl (C=O) groups is 4. The molecule has 4 amide bonds. The number of fused-ring (bicyclic) bond motifs is 10. The first-order valence-electron chi connectivity index (χ1n) is 18.3. The normalized spacial score (nSPS) is 14.1. The molecule has 10 nitrogen and oxygen atoms in total. The van der Waals surface area contributed by atoms with Gasteiger partial charge in [-0.05, 0) is 89.6 Å². The van der Waals surface area contributed by atoms with Crippen molar-refractivity contribution in [2.24, 2.45) is 0 Å². The molecule has 56 heavy (non-hydrogen) atoms. The summed E-state index contributed by atoms with van der Waals surface area (Å²) in [6.45, 7) is 0.776. The molecule has 9 rings (SSSR count). The number of rotatable bonds is 0. The molecule has 6 aromatic carbocycles. The van der Waals surface area contributed by atoms with Gasteiger partial charge in [0.2, 0.25) is 0 Å². The predicted molar refractivity (Wildman–Crippen MR) is 216 cm³/mol. The van der Waals surface area contributed by atoms with Crippen LogP contribution in [0.1, 0.15) is 64.2 Å². The average Bonchev–Trinajstić information content (AvgIpc) is 3.25. The van der Waals surface area contributed by atoms with Crippen molar-refractivity contribution in [1.29, 1.82) is 0 Å². The van der Waals surface area contributed by atoms with Crippen molar-refractivity contribution in [2.45, 2.75) is 26.2 Å². The van der Waals surface area contributed by atoms with Gasteiger partial charge in [-0.2, -0.15) is 0 Å². The van der Waals surface area contributed by atoms with Gasteiger partial charge in [0.1, 0.15) is 22.8 Å². The van der Waals surface area contributed by atoms with Crippen molar-refractivity contribution in [3.05, 3.63) is 178 Å². The minimum atomic E-state index is -0.417. The maximum atomic E-state index is 13.6. The van der Waals surface area contributed by atoms with E-state index in [-0.39, 0.29) is 49.0 Å². The van der Waals surface area contributed by atoms with E-state index in [2.05, 4.69) is 31.2 Å². The number of nitrogens with one attached hydrogen (secondary N) is 4. The van der Waals surface area contributed by atoms with E-state index in [9.17, 15) is 19.2 Å². The van der Waals surface area contributed by atoms with Crippen LogP contribution in [-0.2, 0) is 26.2 Å². The van der Waals surface area contributed by atoms with Gasteiger partial charge in [-0.15, -0.1) is 0 Å². The van der Waals surface area contributed by atoms with Crippen LogP contribution in [0.3, 0.4) is 0 Å².